The molecule has 0 bridgehead atoms. The molecule has 1 N–H and O–H groups in total. The van der Waals surface area contributed by atoms with E-state index in [0.717, 1.165) is 41.0 Å². The molecule has 4 heteroatoms. The fraction of sp³-hybridized carbons (Fsp3) is 0.500. The van der Waals surface area contributed by atoms with Gasteiger partial charge in [-0.25, -0.2) is 4.98 Å². The van der Waals surface area contributed by atoms with E-state index in [1.54, 1.807) is 0 Å². The lowest BCUT2D eigenvalue weighted by atomic mass is 9.76. The van der Waals surface area contributed by atoms with Crippen LogP contribution < -0.4 is 5.32 Å². The molecule has 1 aromatic heterocycles. The predicted molar refractivity (Wildman–Crippen MR) is 75.7 cm³/mol. The molecule has 1 saturated heterocycles. The van der Waals surface area contributed by atoms with E-state index in [9.17, 15) is 0 Å². The molecular formula is C14H17BrN2O. The summed E-state index contributed by atoms with van der Waals surface area (Å²) in [4.78, 5) is 4.71. The van der Waals surface area contributed by atoms with E-state index >= 15 is 0 Å². The van der Waals surface area contributed by atoms with Crippen LogP contribution in [0.3, 0.4) is 0 Å². The lowest BCUT2D eigenvalue weighted by Gasteiger charge is -2.28. The number of hydrogen-bond donors (Lipinski definition) is 1. The first-order valence-corrected chi connectivity index (χ1v) is 7.19. The molecule has 1 atom stereocenters. The summed E-state index contributed by atoms with van der Waals surface area (Å²) in [6, 6.07) is 5.99. The number of fused-ring (bicyclic) bond motifs is 1. The SMILES string of the molecule is CC(C)C1(c2nc3cccc(Br)c3o2)CCNC1. The van der Waals surface area contributed by atoms with Gasteiger partial charge in [0.15, 0.2) is 5.58 Å². The Morgan fingerprint density at radius 2 is 2.28 bits per heavy atom. The smallest absolute Gasteiger partial charge is 0.203 e. The number of oxazole rings is 1. The van der Waals surface area contributed by atoms with Gasteiger partial charge in [0.1, 0.15) is 5.52 Å². The van der Waals surface area contributed by atoms with Gasteiger partial charge < -0.3 is 9.73 Å². The summed E-state index contributed by atoms with van der Waals surface area (Å²) in [5, 5.41) is 3.44. The normalized spacial score (nSPS) is 24.2. The molecule has 3 nitrogen and oxygen atoms in total. The minimum atomic E-state index is 0.0401. The Morgan fingerprint density at radius 3 is 2.89 bits per heavy atom. The van der Waals surface area contributed by atoms with Crippen molar-refractivity contribution in [2.24, 2.45) is 5.92 Å². The Bertz CT molecular complexity index is 570. The van der Waals surface area contributed by atoms with Gasteiger partial charge in [0.05, 0.1) is 9.89 Å². The number of hydrogen-bond acceptors (Lipinski definition) is 3. The fourth-order valence-corrected chi connectivity index (χ4v) is 3.20. The highest BCUT2D eigenvalue weighted by molar-refractivity contribution is 9.10. The van der Waals surface area contributed by atoms with Crippen molar-refractivity contribution in [3.8, 4) is 0 Å². The van der Waals surface area contributed by atoms with Crippen molar-refractivity contribution in [3.05, 3.63) is 28.6 Å². The zero-order valence-electron chi connectivity index (χ0n) is 10.7. The minimum Gasteiger partial charge on any atom is -0.439 e. The third-order valence-corrected chi connectivity index (χ3v) is 4.71. The predicted octanol–water partition coefficient (Wildman–Crippen LogP) is 3.48. The fourth-order valence-electron chi connectivity index (χ4n) is 2.76. The molecule has 1 unspecified atom stereocenters. The molecule has 1 aliphatic rings. The molecule has 2 aromatic rings. The molecular weight excluding hydrogens is 292 g/mol. The molecule has 0 spiro atoms. The van der Waals surface area contributed by atoms with Gasteiger partial charge in [0.25, 0.3) is 0 Å². The summed E-state index contributed by atoms with van der Waals surface area (Å²) in [7, 11) is 0. The molecule has 0 amide bonds. The Balaban J connectivity index is 2.16. The van der Waals surface area contributed by atoms with Crippen molar-refractivity contribution in [3.63, 3.8) is 0 Å². The zero-order chi connectivity index (χ0) is 12.8. The average molecular weight is 309 g/mol. The van der Waals surface area contributed by atoms with Crippen molar-refractivity contribution in [1.82, 2.24) is 10.3 Å². The maximum absolute atomic E-state index is 6.05. The molecule has 1 aliphatic heterocycles. The van der Waals surface area contributed by atoms with E-state index in [4.69, 9.17) is 9.40 Å². The number of nitrogens with zero attached hydrogens (tertiary/aromatic N) is 1. The molecule has 1 fully saturated rings. The molecule has 0 aliphatic carbocycles. The average Bonchev–Trinajstić information content (AvgIpc) is 2.96. The van der Waals surface area contributed by atoms with Gasteiger partial charge in [-0.1, -0.05) is 19.9 Å². The maximum atomic E-state index is 6.05. The second-order valence-electron chi connectivity index (χ2n) is 5.34. The molecule has 18 heavy (non-hydrogen) atoms. The molecule has 0 saturated carbocycles. The molecule has 3 rings (SSSR count). The molecule has 0 radical (unpaired) electrons. The van der Waals surface area contributed by atoms with Crippen LogP contribution in [-0.4, -0.2) is 18.1 Å². The highest BCUT2D eigenvalue weighted by Gasteiger charge is 2.43. The number of para-hydroxylation sites is 1. The summed E-state index contributed by atoms with van der Waals surface area (Å²) in [5.74, 6) is 1.39. The highest BCUT2D eigenvalue weighted by Crippen LogP contribution is 2.39. The van der Waals surface area contributed by atoms with Gasteiger partial charge in [-0.05, 0) is 46.9 Å². The third kappa shape index (κ3) is 1.70. The van der Waals surface area contributed by atoms with E-state index in [-0.39, 0.29) is 5.41 Å². The summed E-state index contributed by atoms with van der Waals surface area (Å²) in [6.45, 7) is 6.49. The van der Waals surface area contributed by atoms with Crippen molar-refractivity contribution >= 4 is 27.0 Å². The van der Waals surface area contributed by atoms with Crippen LogP contribution in [0, 0.1) is 5.92 Å². The van der Waals surface area contributed by atoms with E-state index < -0.39 is 0 Å². The standard InChI is InChI=1S/C14H17BrN2O/c1-9(2)14(6-7-16-8-14)13-17-11-5-3-4-10(15)12(11)18-13/h3-5,9,16H,6-8H2,1-2H3. The van der Waals surface area contributed by atoms with E-state index in [2.05, 4.69) is 35.1 Å². The topological polar surface area (TPSA) is 38.1 Å². The number of halogens is 1. The van der Waals surface area contributed by atoms with Crippen LogP contribution in [0.1, 0.15) is 26.2 Å². The van der Waals surface area contributed by atoms with E-state index in [0.29, 0.717) is 5.92 Å². The van der Waals surface area contributed by atoms with Crippen LogP contribution in [0.25, 0.3) is 11.1 Å². The highest BCUT2D eigenvalue weighted by atomic mass is 79.9. The summed E-state index contributed by atoms with van der Waals surface area (Å²) in [5.41, 5.74) is 1.84. The van der Waals surface area contributed by atoms with Crippen molar-refractivity contribution in [1.29, 1.82) is 0 Å². The number of nitrogens with one attached hydrogen (secondary N) is 1. The maximum Gasteiger partial charge on any atom is 0.203 e. The largest absolute Gasteiger partial charge is 0.439 e. The molecule has 1 aromatic carbocycles. The van der Waals surface area contributed by atoms with Gasteiger partial charge in [0.2, 0.25) is 5.89 Å². The number of aromatic nitrogens is 1. The van der Waals surface area contributed by atoms with E-state index in [1.165, 1.54) is 0 Å². The monoisotopic (exact) mass is 308 g/mol. The summed E-state index contributed by atoms with van der Waals surface area (Å²) >= 11 is 3.52. The first kappa shape index (κ1) is 12.2. The van der Waals surface area contributed by atoms with Gasteiger partial charge >= 0.3 is 0 Å². The van der Waals surface area contributed by atoms with Crippen LogP contribution >= 0.6 is 15.9 Å². The lowest BCUT2D eigenvalue weighted by Crippen LogP contribution is -2.35. The van der Waals surface area contributed by atoms with Gasteiger partial charge in [-0.2, -0.15) is 0 Å². The summed E-state index contributed by atoms with van der Waals surface area (Å²) in [6.07, 6.45) is 1.09. The molecule has 96 valence electrons. The van der Waals surface area contributed by atoms with Crippen LogP contribution in [-0.2, 0) is 5.41 Å². The van der Waals surface area contributed by atoms with Gasteiger partial charge in [-0.3, -0.25) is 0 Å². The first-order valence-electron chi connectivity index (χ1n) is 6.40. The molecule has 2 heterocycles. The van der Waals surface area contributed by atoms with Crippen molar-refractivity contribution in [2.75, 3.05) is 13.1 Å². The first-order chi connectivity index (χ1) is 8.63. The van der Waals surface area contributed by atoms with Crippen molar-refractivity contribution < 1.29 is 4.42 Å². The minimum absolute atomic E-state index is 0.0401. The number of benzene rings is 1. The van der Waals surface area contributed by atoms with Crippen LogP contribution in [0.4, 0.5) is 0 Å². The van der Waals surface area contributed by atoms with Gasteiger partial charge in [0, 0.05) is 6.54 Å². The Hall–Kier alpha value is -0.870. The quantitative estimate of drug-likeness (QED) is 0.923. The zero-order valence-corrected chi connectivity index (χ0v) is 12.3. The van der Waals surface area contributed by atoms with Crippen LogP contribution in [0.2, 0.25) is 0 Å². The van der Waals surface area contributed by atoms with E-state index in [1.807, 2.05) is 18.2 Å². The van der Waals surface area contributed by atoms with Gasteiger partial charge in [-0.15, -0.1) is 0 Å². The second-order valence-corrected chi connectivity index (χ2v) is 6.20. The Kier molecular flexibility index (Phi) is 2.94. The van der Waals surface area contributed by atoms with Crippen molar-refractivity contribution in [2.45, 2.75) is 25.7 Å². The Morgan fingerprint density at radius 1 is 1.44 bits per heavy atom. The van der Waals surface area contributed by atoms with Crippen LogP contribution in [0.5, 0.6) is 0 Å². The summed E-state index contributed by atoms with van der Waals surface area (Å²) < 4.78 is 7.02. The lowest BCUT2D eigenvalue weighted by molar-refractivity contribution is 0.269. The number of rotatable bonds is 2. The van der Waals surface area contributed by atoms with Crippen LogP contribution in [0.15, 0.2) is 27.1 Å². The second kappa shape index (κ2) is 4.35. The third-order valence-electron chi connectivity index (χ3n) is 4.09. The Labute approximate surface area is 115 Å².